The largest absolute Gasteiger partial charge is 0.507 e. The van der Waals surface area contributed by atoms with E-state index >= 15 is 0 Å². The van der Waals surface area contributed by atoms with Crippen molar-refractivity contribution in [2.75, 3.05) is 5.73 Å². The van der Waals surface area contributed by atoms with Crippen LogP contribution in [0.4, 0.5) is 5.69 Å². The molecule has 0 bridgehead atoms. The van der Waals surface area contributed by atoms with Crippen LogP contribution in [0.15, 0.2) is 30.6 Å². The van der Waals surface area contributed by atoms with Crippen LogP contribution < -0.4 is 5.73 Å². The molecule has 3 aromatic rings. The molecule has 0 saturated carbocycles. The molecule has 3 rings (SSSR count). The highest BCUT2D eigenvalue weighted by Crippen LogP contribution is 2.36. The molecule has 86 valence electrons. The predicted molar refractivity (Wildman–Crippen MR) is 66.6 cm³/mol. The molecule has 0 radical (unpaired) electrons. The van der Waals surface area contributed by atoms with Crippen molar-refractivity contribution in [1.29, 1.82) is 0 Å². The number of aryl methyl sites for hydroxylation is 1. The van der Waals surface area contributed by atoms with Crippen LogP contribution in [-0.4, -0.2) is 19.9 Å². The van der Waals surface area contributed by atoms with Crippen LogP contribution in [0.5, 0.6) is 5.75 Å². The molecule has 1 aromatic carbocycles. The zero-order valence-corrected chi connectivity index (χ0v) is 9.31. The summed E-state index contributed by atoms with van der Waals surface area (Å²) in [6, 6.07) is 5.36. The SMILES string of the molecule is Cn1ncc(N)c1-c1c[nH]c2cccc(O)c12. The Morgan fingerprint density at radius 1 is 1.41 bits per heavy atom. The molecule has 2 aromatic heterocycles. The van der Waals surface area contributed by atoms with Crippen LogP contribution >= 0.6 is 0 Å². The maximum Gasteiger partial charge on any atom is 0.125 e. The Kier molecular flexibility index (Phi) is 1.89. The molecule has 5 heteroatoms. The maximum atomic E-state index is 9.93. The van der Waals surface area contributed by atoms with Gasteiger partial charge in [0.1, 0.15) is 5.75 Å². The molecule has 0 aliphatic carbocycles. The predicted octanol–water partition coefficient (Wildman–Crippen LogP) is 1.86. The van der Waals surface area contributed by atoms with E-state index in [1.54, 1.807) is 23.0 Å². The third kappa shape index (κ3) is 1.29. The lowest BCUT2D eigenvalue weighted by atomic mass is 10.1. The summed E-state index contributed by atoms with van der Waals surface area (Å²) in [5, 5.41) is 14.8. The van der Waals surface area contributed by atoms with Gasteiger partial charge in [0.25, 0.3) is 0 Å². The first-order valence-electron chi connectivity index (χ1n) is 5.25. The van der Waals surface area contributed by atoms with Gasteiger partial charge in [-0.05, 0) is 12.1 Å². The summed E-state index contributed by atoms with van der Waals surface area (Å²) in [6.45, 7) is 0. The molecule has 0 atom stereocenters. The summed E-state index contributed by atoms with van der Waals surface area (Å²) in [7, 11) is 1.82. The van der Waals surface area contributed by atoms with Gasteiger partial charge in [0, 0.05) is 24.3 Å². The van der Waals surface area contributed by atoms with Crippen molar-refractivity contribution in [2.24, 2.45) is 7.05 Å². The molecule has 0 spiro atoms. The van der Waals surface area contributed by atoms with Crippen molar-refractivity contribution >= 4 is 16.6 Å². The molecule has 0 unspecified atom stereocenters. The highest BCUT2D eigenvalue weighted by molar-refractivity contribution is 6.01. The second kappa shape index (κ2) is 3.28. The van der Waals surface area contributed by atoms with E-state index in [9.17, 15) is 5.11 Å². The van der Waals surface area contributed by atoms with E-state index in [0.717, 1.165) is 22.2 Å². The number of nitrogens with two attached hydrogens (primary N) is 1. The molecule has 0 fully saturated rings. The lowest BCUT2D eigenvalue weighted by molar-refractivity contribution is 0.482. The number of anilines is 1. The molecular formula is C12H12N4O. The number of aromatic hydroxyl groups is 1. The number of nitrogen functional groups attached to an aromatic ring is 1. The minimum Gasteiger partial charge on any atom is -0.507 e. The number of nitrogens with zero attached hydrogens (tertiary/aromatic N) is 2. The quantitative estimate of drug-likeness (QED) is 0.594. The Morgan fingerprint density at radius 2 is 2.24 bits per heavy atom. The van der Waals surface area contributed by atoms with E-state index in [1.807, 2.05) is 19.3 Å². The van der Waals surface area contributed by atoms with Crippen LogP contribution in [0.2, 0.25) is 0 Å². The van der Waals surface area contributed by atoms with Gasteiger partial charge in [-0.15, -0.1) is 0 Å². The van der Waals surface area contributed by atoms with Crippen molar-refractivity contribution in [3.8, 4) is 17.0 Å². The van der Waals surface area contributed by atoms with Gasteiger partial charge in [-0.3, -0.25) is 4.68 Å². The third-order valence-corrected chi connectivity index (χ3v) is 2.91. The topological polar surface area (TPSA) is 79.9 Å². The number of aromatic nitrogens is 3. The first kappa shape index (κ1) is 9.77. The van der Waals surface area contributed by atoms with Gasteiger partial charge in [-0.1, -0.05) is 6.07 Å². The van der Waals surface area contributed by atoms with E-state index in [1.165, 1.54) is 0 Å². The van der Waals surface area contributed by atoms with E-state index < -0.39 is 0 Å². The van der Waals surface area contributed by atoms with Crippen LogP contribution in [0.3, 0.4) is 0 Å². The number of phenols is 1. The van der Waals surface area contributed by atoms with Gasteiger partial charge in [0.15, 0.2) is 0 Å². The minimum absolute atomic E-state index is 0.236. The van der Waals surface area contributed by atoms with Crippen molar-refractivity contribution < 1.29 is 5.11 Å². The summed E-state index contributed by atoms with van der Waals surface area (Å²) < 4.78 is 1.70. The van der Waals surface area contributed by atoms with Crippen molar-refractivity contribution in [3.63, 3.8) is 0 Å². The molecule has 0 aliphatic heterocycles. The number of H-pyrrole nitrogens is 1. The molecule has 4 N–H and O–H groups in total. The first-order valence-corrected chi connectivity index (χ1v) is 5.25. The van der Waals surface area contributed by atoms with Gasteiger partial charge in [0.05, 0.1) is 23.0 Å². The maximum absolute atomic E-state index is 9.93. The van der Waals surface area contributed by atoms with E-state index in [4.69, 9.17) is 5.73 Å². The van der Waals surface area contributed by atoms with Gasteiger partial charge < -0.3 is 15.8 Å². The Labute approximate surface area is 97.5 Å². The first-order chi connectivity index (χ1) is 8.18. The zero-order chi connectivity index (χ0) is 12.0. The van der Waals surface area contributed by atoms with Crippen LogP contribution in [0, 0.1) is 0 Å². The Hall–Kier alpha value is -2.43. The average Bonchev–Trinajstić information content (AvgIpc) is 2.84. The monoisotopic (exact) mass is 228 g/mol. The number of aromatic amines is 1. The summed E-state index contributed by atoms with van der Waals surface area (Å²) in [4.78, 5) is 3.12. The molecule has 0 saturated heterocycles. The molecule has 17 heavy (non-hydrogen) atoms. The fourth-order valence-electron chi connectivity index (χ4n) is 2.14. The third-order valence-electron chi connectivity index (χ3n) is 2.91. The molecular weight excluding hydrogens is 216 g/mol. The second-order valence-corrected chi connectivity index (χ2v) is 3.97. The zero-order valence-electron chi connectivity index (χ0n) is 9.31. The fourth-order valence-corrected chi connectivity index (χ4v) is 2.14. The van der Waals surface area contributed by atoms with E-state index in [2.05, 4.69) is 10.1 Å². The van der Waals surface area contributed by atoms with Crippen LogP contribution in [0.25, 0.3) is 22.2 Å². The number of hydrogen-bond donors (Lipinski definition) is 3. The molecule has 2 heterocycles. The number of hydrogen-bond acceptors (Lipinski definition) is 3. The minimum atomic E-state index is 0.236. The lowest BCUT2D eigenvalue weighted by Crippen LogP contribution is -1.95. The summed E-state index contributed by atoms with van der Waals surface area (Å²) >= 11 is 0. The van der Waals surface area contributed by atoms with Gasteiger partial charge in [-0.25, -0.2) is 0 Å². The number of nitrogens with one attached hydrogen (secondary N) is 1. The number of rotatable bonds is 1. The van der Waals surface area contributed by atoms with Crippen molar-refractivity contribution in [1.82, 2.24) is 14.8 Å². The second-order valence-electron chi connectivity index (χ2n) is 3.97. The normalized spacial score (nSPS) is 11.1. The summed E-state index contributed by atoms with van der Waals surface area (Å²) in [6.07, 6.45) is 3.44. The number of benzene rings is 1. The molecule has 5 nitrogen and oxygen atoms in total. The van der Waals surface area contributed by atoms with Crippen molar-refractivity contribution in [3.05, 3.63) is 30.6 Å². The highest BCUT2D eigenvalue weighted by atomic mass is 16.3. The average molecular weight is 228 g/mol. The molecule has 0 aliphatic rings. The number of fused-ring (bicyclic) bond motifs is 1. The lowest BCUT2D eigenvalue weighted by Gasteiger charge is -2.03. The molecule has 0 amide bonds. The summed E-state index contributed by atoms with van der Waals surface area (Å²) in [5.41, 5.74) is 9.03. The fraction of sp³-hybridized carbons (Fsp3) is 0.0833. The van der Waals surface area contributed by atoms with E-state index in [0.29, 0.717) is 5.69 Å². The van der Waals surface area contributed by atoms with Gasteiger partial charge in [-0.2, -0.15) is 5.10 Å². The van der Waals surface area contributed by atoms with Crippen LogP contribution in [0.1, 0.15) is 0 Å². The van der Waals surface area contributed by atoms with Crippen LogP contribution in [-0.2, 0) is 7.05 Å². The smallest absolute Gasteiger partial charge is 0.125 e. The highest BCUT2D eigenvalue weighted by Gasteiger charge is 2.15. The Balaban J connectivity index is 2.39. The summed E-state index contributed by atoms with van der Waals surface area (Å²) in [5.74, 6) is 0.236. The Bertz CT molecular complexity index is 676. The van der Waals surface area contributed by atoms with Gasteiger partial charge >= 0.3 is 0 Å². The standard InChI is InChI=1S/C12H12N4O/c1-16-12(8(13)6-15-16)7-5-14-9-3-2-4-10(17)11(7)9/h2-6,14,17H,13H2,1H3. The Morgan fingerprint density at radius 3 is 2.94 bits per heavy atom. The van der Waals surface area contributed by atoms with Gasteiger partial charge in [0.2, 0.25) is 0 Å². The number of phenolic OH excluding ortho intramolecular Hbond substituents is 1. The van der Waals surface area contributed by atoms with E-state index in [-0.39, 0.29) is 5.75 Å². The van der Waals surface area contributed by atoms with Crippen molar-refractivity contribution in [2.45, 2.75) is 0 Å².